The van der Waals surface area contributed by atoms with E-state index in [1.54, 1.807) is 23.9 Å². The molecule has 0 bridgehead atoms. The van der Waals surface area contributed by atoms with Crippen LogP contribution in [0.15, 0.2) is 38.4 Å². The maximum absolute atomic E-state index is 12.4. The second-order valence-electron chi connectivity index (χ2n) is 6.14. The van der Waals surface area contributed by atoms with Gasteiger partial charge in [0.2, 0.25) is 10.0 Å². The highest BCUT2D eigenvalue weighted by molar-refractivity contribution is 9.10. The lowest BCUT2D eigenvalue weighted by Crippen LogP contribution is -2.32. The predicted octanol–water partition coefficient (Wildman–Crippen LogP) is 2.47. The van der Waals surface area contributed by atoms with Crippen molar-refractivity contribution in [3.63, 3.8) is 0 Å². The monoisotopic (exact) mass is 413 g/mol. The van der Waals surface area contributed by atoms with Gasteiger partial charge in [-0.05, 0) is 60.0 Å². The molecule has 130 valence electrons. The second kappa shape index (κ2) is 6.50. The summed E-state index contributed by atoms with van der Waals surface area (Å²) in [5, 5.41) is 0. The van der Waals surface area contributed by atoms with Crippen LogP contribution in [0.1, 0.15) is 31.4 Å². The van der Waals surface area contributed by atoms with Crippen LogP contribution in [0.5, 0.6) is 0 Å². The number of nitrogens with one attached hydrogen (secondary N) is 1. The number of rotatable bonds is 4. The van der Waals surface area contributed by atoms with E-state index in [0.717, 1.165) is 31.4 Å². The van der Waals surface area contributed by atoms with E-state index in [1.165, 1.54) is 16.8 Å². The summed E-state index contributed by atoms with van der Waals surface area (Å²) in [6.07, 6.45) is 3.92. The third-order valence-corrected chi connectivity index (χ3v) is 7.00. The summed E-state index contributed by atoms with van der Waals surface area (Å²) in [6.45, 7) is 1.84. The molecular formula is C16H20BrN3O3S. The Morgan fingerprint density at radius 2 is 1.75 bits per heavy atom. The van der Waals surface area contributed by atoms with Gasteiger partial charge in [-0.3, -0.25) is 9.48 Å². The van der Waals surface area contributed by atoms with Crippen molar-refractivity contribution in [3.05, 3.63) is 44.8 Å². The number of halogens is 1. The van der Waals surface area contributed by atoms with E-state index >= 15 is 0 Å². The van der Waals surface area contributed by atoms with E-state index in [1.807, 2.05) is 6.92 Å². The highest BCUT2D eigenvalue weighted by Gasteiger charge is 2.23. The summed E-state index contributed by atoms with van der Waals surface area (Å²) in [5.41, 5.74) is 1.26. The molecule has 24 heavy (non-hydrogen) atoms. The zero-order chi connectivity index (χ0) is 17.5. The average Bonchev–Trinajstić information content (AvgIpc) is 3.11. The molecule has 0 radical (unpaired) electrons. The number of nitrogens with zero attached hydrogens (tertiary/aromatic N) is 2. The van der Waals surface area contributed by atoms with Gasteiger partial charge in [-0.1, -0.05) is 12.8 Å². The lowest BCUT2D eigenvalue weighted by Gasteiger charge is -2.13. The van der Waals surface area contributed by atoms with E-state index in [-0.39, 0.29) is 16.5 Å². The van der Waals surface area contributed by atoms with Crippen LogP contribution in [-0.4, -0.2) is 23.8 Å². The molecule has 0 unspecified atom stereocenters. The molecule has 2 aromatic rings. The molecule has 1 aliphatic rings. The van der Waals surface area contributed by atoms with Crippen LogP contribution in [0.4, 0.5) is 0 Å². The van der Waals surface area contributed by atoms with E-state index < -0.39 is 10.0 Å². The fourth-order valence-corrected chi connectivity index (χ4v) is 4.79. The minimum absolute atomic E-state index is 0.0313. The van der Waals surface area contributed by atoms with Gasteiger partial charge in [-0.15, -0.1) is 0 Å². The standard InChI is InChI=1S/C16H20BrN3O3S/c1-11-15(17)16(21)20(19(11)2)13-7-9-14(10-8-13)24(22,23)18-12-5-3-4-6-12/h7-10,12,18H,3-6H2,1-2H3. The number of sulfonamides is 1. The average molecular weight is 414 g/mol. The van der Waals surface area contributed by atoms with Crippen molar-refractivity contribution >= 4 is 26.0 Å². The number of benzene rings is 1. The van der Waals surface area contributed by atoms with E-state index in [2.05, 4.69) is 20.7 Å². The molecule has 1 aromatic carbocycles. The van der Waals surface area contributed by atoms with Gasteiger partial charge in [-0.25, -0.2) is 17.8 Å². The Morgan fingerprint density at radius 3 is 2.25 bits per heavy atom. The summed E-state index contributed by atoms with van der Waals surface area (Å²) in [7, 11) is -1.73. The van der Waals surface area contributed by atoms with Crippen LogP contribution < -0.4 is 10.3 Å². The van der Waals surface area contributed by atoms with Gasteiger partial charge in [0, 0.05) is 13.1 Å². The van der Waals surface area contributed by atoms with Gasteiger partial charge < -0.3 is 0 Å². The highest BCUT2D eigenvalue weighted by Crippen LogP contribution is 2.21. The van der Waals surface area contributed by atoms with Crippen molar-refractivity contribution in [1.29, 1.82) is 0 Å². The smallest absolute Gasteiger partial charge is 0.284 e. The van der Waals surface area contributed by atoms with Gasteiger partial charge in [0.15, 0.2) is 0 Å². The van der Waals surface area contributed by atoms with Crippen molar-refractivity contribution in [3.8, 4) is 5.69 Å². The zero-order valence-electron chi connectivity index (χ0n) is 13.6. The van der Waals surface area contributed by atoms with Crippen LogP contribution in [0.25, 0.3) is 5.69 Å². The molecule has 1 N–H and O–H groups in total. The lowest BCUT2D eigenvalue weighted by molar-refractivity contribution is 0.552. The van der Waals surface area contributed by atoms with Crippen LogP contribution in [-0.2, 0) is 17.1 Å². The van der Waals surface area contributed by atoms with Crippen LogP contribution in [0, 0.1) is 6.92 Å². The molecule has 6 nitrogen and oxygen atoms in total. The molecule has 1 aromatic heterocycles. The summed E-state index contributed by atoms with van der Waals surface area (Å²) in [5.74, 6) is 0. The first-order valence-corrected chi connectivity index (χ1v) is 10.2. The van der Waals surface area contributed by atoms with Gasteiger partial charge in [0.1, 0.15) is 4.47 Å². The first-order valence-electron chi connectivity index (χ1n) is 7.88. The Hall–Kier alpha value is -1.38. The molecule has 0 spiro atoms. The van der Waals surface area contributed by atoms with E-state index in [0.29, 0.717) is 10.2 Å². The fourth-order valence-electron chi connectivity index (χ4n) is 3.06. The van der Waals surface area contributed by atoms with Gasteiger partial charge in [0.05, 0.1) is 16.3 Å². The number of hydrogen-bond donors (Lipinski definition) is 1. The normalized spacial score (nSPS) is 16.0. The van der Waals surface area contributed by atoms with Crippen molar-refractivity contribution in [2.24, 2.45) is 7.05 Å². The summed E-state index contributed by atoms with van der Waals surface area (Å²) in [6, 6.07) is 6.40. The molecule has 0 saturated heterocycles. The Morgan fingerprint density at radius 1 is 1.17 bits per heavy atom. The lowest BCUT2D eigenvalue weighted by atomic mass is 10.3. The number of aromatic nitrogens is 2. The maximum atomic E-state index is 12.4. The summed E-state index contributed by atoms with van der Waals surface area (Å²) >= 11 is 3.28. The van der Waals surface area contributed by atoms with Crippen molar-refractivity contribution in [2.45, 2.75) is 43.5 Å². The fraction of sp³-hybridized carbons (Fsp3) is 0.438. The largest absolute Gasteiger partial charge is 0.285 e. The molecule has 1 saturated carbocycles. The molecule has 3 rings (SSSR count). The molecule has 1 aliphatic carbocycles. The first-order chi connectivity index (χ1) is 11.3. The Labute approximate surface area is 149 Å². The summed E-state index contributed by atoms with van der Waals surface area (Å²) in [4.78, 5) is 12.5. The maximum Gasteiger partial charge on any atom is 0.285 e. The molecule has 8 heteroatoms. The third-order valence-electron chi connectivity index (χ3n) is 4.55. The summed E-state index contributed by atoms with van der Waals surface area (Å²) < 4.78 is 31.4. The van der Waals surface area contributed by atoms with E-state index in [4.69, 9.17) is 0 Å². The van der Waals surface area contributed by atoms with Crippen molar-refractivity contribution < 1.29 is 8.42 Å². The SMILES string of the molecule is Cc1c(Br)c(=O)n(-c2ccc(S(=O)(=O)NC3CCCC3)cc2)n1C. The van der Waals surface area contributed by atoms with Gasteiger partial charge >= 0.3 is 0 Å². The Kier molecular flexibility index (Phi) is 4.72. The first kappa shape index (κ1) is 17.4. The Balaban J connectivity index is 1.91. The Bertz CT molecular complexity index is 907. The van der Waals surface area contributed by atoms with Crippen LogP contribution >= 0.6 is 15.9 Å². The van der Waals surface area contributed by atoms with Gasteiger partial charge in [0.25, 0.3) is 5.56 Å². The topological polar surface area (TPSA) is 73.1 Å². The number of hydrogen-bond acceptors (Lipinski definition) is 3. The quantitative estimate of drug-likeness (QED) is 0.836. The minimum atomic E-state index is -3.52. The molecule has 1 fully saturated rings. The van der Waals surface area contributed by atoms with Crippen molar-refractivity contribution in [1.82, 2.24) is 14.1 Å². The molecular weight excluding hydrogens is 394 g/mol. The predicted molar refractivity (Wildman–Crippen MR) is 96.0 cm³/mol. The van der Waals surface area contributed by atoms with Crippen LogP contribution in [0.2, 0.25) is 0 Å². The van der Waals surface area contributed by atoms with Gasteiger partial charge in [-0.2, -0.15) is 0 Å². The molecule has 0 aliphatic heterocycles. The highest BCUT2D eigenvalue weighted by atomic mass is 79.9. The second-order valence-corrected chi connectivity index (χ2v) is 8.64. The zero-order valence-corrected chi connectivity index (χ0v) is 16.0. The van der Waals surface area contributed by atoms with Crippen LogP contribution in [0.3, 0.4) is 0 Å². The minimum Gasteiger partial charge on any atom is -0.284 e. The molecule has 1 heterocycles. The third kappa shape index (κ3) is 3.10. The molecule has 0 amide bonds. The molecule has 0 atom stereocenters. The van der Waals surface area contributed by atoms with E-state index in [9.17, 15) is 13.2 Å². The van der Waals surface area contributed by atoms with Crippen molar-refractivity contribution in [2.75, 3.05) is 0 Å².